The van der Waals surface area contributed by atoms with Crippen molar-refractivity contribution in [1.29, 1.82) is 0 Å². The zero-order chi connectivity index (χ0) is 13.9. The minimum absolute atomic E-state index is 0.214. The maximum Gasteiger partial charge on any atom is 0.143 e. The van der Waals surface area contributed by atoms with Gasteiger partial charge in [-0.15, -0.1) is 16.4 Å². The van der Waals surface area contributed by atoms with Crippen LogP contribution in [-0.4, -0.2) is 20.2 Å². The molecule has 0 bridgehead atoms. The van der Waals surface area contributed by atoms with Crippen LogP contribution in [0.4, 0.5) is 5.69 Å². The summed E-state index contributed by atoms with van der Waals surface area (Å²) in [6.07, 6.45) is 1.57. The predicted molar refractivity (Wildman–Crippen MR) is 80.5 cm³/mol. The molecular weight excluding hydrogens is 294 g/mol. The van der Waals surface area contributed by atoms with Crippen LogP contribution >= 0.6 is 22.9 Å². The molecule has 0 amide bonds. The zero-order valence-electron chi connectivity index (χ0n) is 10.7. The lowest BCUT2D eigenvalue weighted by molar-refractivity contribution is 0.789. The molecule has 0 aliphatic heterocycles. The van der Waals surface area contributed by atoms with E-state index >= 15 is 0 Å². The number of nitrogens with zero attached hydrogens (tertiary/aromatic N) is 4. The fourth-order valence-electron chi connectivity index (χ4n) is 1.87. The molecule has 0 saturated heterocycles. The van der Waals surface area contributed by atoms with Crippen molar-refractivity contribution in [2.75, 3.05) is 5.32 Å². The number of halogens is 1. The molecule has 1 N–H and O–H groups in total. The number of anilines is 1. The predicted octanol–water partition coefficient (Wildman–Crippen LogP) is 3.55. The Labute approximate surface area is 125 Å². The molecule has 0 radical (unpaired) electrons. The quantitative estimate of drug-likeness (QED) is 0.801. The van der Waals surface area contributed by atoms with Crippen molar-refractivity contribution in [2.45, 2.75) is 13.0 Å². The summed E-state index contributed by atoms with van der Waals surface area (Å²) in [6, 6.07) is 12.1. The first-order valence-electron chi connectivity index (χ1n) is 6.07. The molecule has 1 aromatic carbocycles. The standard InChI is InChI=1S/C13H12ClN5S/c1-9(12-6-7-13(14)20-12)16-10-2-4-11(5-3-10)19-8-15-17-18-19/h2-9,16H,1H3. The summed E-state index contributed by atoms with van der Waals surface area (Å²) in [4.78, 5) is 1.21. The van der Waals surface area contributed by atoms with Crippen LogP contribution in [0.25, 0.3) is 5.69 Å². The summed E-state index contributed by atoms with van der Waals surface area (Å²) in [5.41, 5.74) is 1.96. The third-order valence-corrected chi connectivity index (χ3v) is 4.30. The Balaban J connectivity index is 1.72. The monoisotopic (exact) mass is 305 g/mol. The minimum Gasteiger partial charge on any atom is -0.378 e. The van der Waals surface area contributed by atoms with Crippen LogP contribution in [0.1, 0.15) is 17.8 Å². The average Bonchev–Trinajstić information content (AvgIpc) is 3.10. The lowest BCUT2D eigenvalue weighted by atomic mass is 10.2. The van der Waals surface area contributed by atoms with Crippen molar-refractivity contribution in [2.24, 2.45) is 0 Å². The second-order valence-corrected chi connectivity index (χ2v) is 6.06. The molecular formula is C13H12ClN5S. The summed E-state index contributed by atoms with van der Waals surface area (Å²) >= 11 is 7.54. The number of thiophene rings is 1. The highest BCUT2D eigenvalue weighted by Gasteiger charge is 2.08. The Morgan fingerprint density at radius 2 is 2.00 bits per heavy atom. The van der Waals surface area contributed by atoms with Crippen molar-refractivity contribution in [3.05, 3.63) is 51.9 Å². The highest BCUT2D eigenvalue weighted by molar-refractivity contribution is 7.16. The molecule has 0 aliphatic rings. The molecule has 1 unspecified atom stereocenters. The fourth-order valence-corrected chi connectivity index (χ4v) is 2.94. The minimum atomic E-state index is 0.214. The van der Waals surface area contributed by atoms with Crippen LogP contribution < -0.4 is 5.32 Å². The Kier molecular flexibility index (Phi) is 3.66. The number of nitrogens with one attached hydrogen (secondary N) is 1. The first kappa shape index (κ1) is 13.1. The Morgan fingerprint density at radius 3 is 2.60 bits per heavy atom. The molecule has 0 saturated carbocycles. The SMILES string of the molecule is CC(Nc1ccc(-n2cnnn2)cc1)c1ccc(Cl)s1. The normalized spacial score (nSPS) is 12.3. The summed E-state index contributed by atoms with van der Waals surface area (Å²) in [7, 11) is 0. The molecule has 20 heavy (non-hydrogen) atoms. The summed E-state index contributed by atoms with van der Waals surface area (Å²) in [6.45, 7) is 2.11. The second kappa shape index (κ2) is 5.60. The number of aromatic nitrogens is 4. The van der Waals surface area contributed by atoms with Crippen molar-refractivity contribution < 1.29 is 0 Å². The van der Waals surface area contributed by atoms with Gasteiger partial charge in [-0.2, -0.15) is 0 Å². The molecule has 2 aromatic heterocycles. The van der Waals surface area contributed by atoms with Crippen LogP contribution in [0.2, 0.25) is 4.34 Å². The Bertz CT molecular complexity index is 677. The van der Waals surface area contributed by atoms with Gasteiger partial charge in [-0.1, -0.05) is 11.6 Å². The van der Waals surface area contributed by atoms with E-state index in [9.17, 15) is 0 Å². The highest BCUT2D eigenvalue weighted by atomic mass is 35.5. The van der Waals surface area contributed by atoms with E-state index in [1.807, 2.05) is 36.4 Å². The van der Waals surface area contributed by atoms with Gasteiger partial charge in [0.15, 0.2) is 0 Å². The molecule has 0 aliphatic carbocycles. The van der Waals surface area contributed by atoms with Crippen molar-refractivity contribution in [3.63, 3.8) is 0 Å². The van der Waals surface area contributed by atoms with Gasteiger partial charge >= 0.3 is 0 Å². The number of hydrogen-bond donors (Lipinski definition) is 1. The molecule has 0 fully saturated rings. The van der Waals surface area contributed by atoms with Gasteiger partial charge in [-0.25, -0.2) is 4.68 Å². The van der Waals surface area contributed by atoms with E-state index in [2.05, 4.69) is 27.8 Å². The van der Waals surface area contributed by atoms with Crippen LogP contribution in [0.15, 0.2) is 42.7 Å². The lowest BCUT2D eigenvalue weighted by Crippen LogP contribution is -2.05. The van der Waals surface area contributed by atoms with E-state index in [-0.39, 0.29) is 6.04 Å². The van der Waals surface area contributed by atoms with Crippen molar-refractivity contribution in [3.8, 4) is 5.69 Å². The first-order chi connectivity index (χ1) is 9.72. The van der Waals surface area contributed by atoms with Gasteiger partial charge in [0, 0.05) is 10.6 Å². The molecule has 1 atom stereocenters. The van der Waals surface area contributed by atoms with E-state index in [1.54, 1.807) is 22.3 Å². The summed E-state index contributed by atoms with van der Waals surface area (Å²) in [5.74, 6) is 0. The third-order valence-electron chi connectivity index (χ3n) is 2.88. The Hall–Kier alpha value is -1.92. The van der Waals surface area contributed by atoms with Gasteiger partial charge in [-0.05, 0) is 53.7 Å². The number of tetrazole rings is 1. The van der Waals surface area contributed by atoms with Gasteiger partial charge in [0.25, 0.3) is 0 Å². The van der Waals surface area contributed by atoms with Gasteiger partial charge in [0.05, 0.1) is 16.1 Å². The maximum absolute atomic E-state index is 5.95. The zero-order valence-corrected chi connectivity index (χ0v) is 12.3. The molecule has 3 aromatic rings. The number of benzene rings is 1. The van der Waals surface area contributed by atoms with Crippen molar-refractivity contribution >= 4 is 28.6 Å². The molecule has 7 heteroatoms. The Morgan fingerprint density at radius 1 is 1.20 bits per heavy atom. The molecule has 3 rings (SSSR count). The van der Waals surface area contributed by atoms with Crippen molar-refractivity contribution in [1.82, 2.24) is 20.2 Å². The molecule has 0 spiro atoms. The van der Waals surface area contributed by atoms with Crippen LogP contribution in [0, 0.1) is 0 Å². The average molecular weight is 306 g/mol. The smallest absolute Gasteiger partial charge is 0.143 e. The summed E-state index contributed by atoms with van der Waals surface area (Å²) < 4.78 is 2.43. The van der Waals surface area contributed by atoms with Gasteiger partial charge in [0.1, 0.15) is 6.33 Å². The first-order valence-corrected chi connectivity index (χ1v) is 7.27. The van der Waals surface area contributed by atoms with E-state index in [0.717, 1.165) is 15.7 Å². The highest BCUT2D eigenvalue weighted by Crippen LogP contribution is 2.29. The molecule has 2 heterocycles. The third kappa shape index (κ3) is 2.81. The lowest BCUT2D eigenvalue weighted by Gasteiger charge is -2.13. The number of rotatable bonds is 4. The van der Waals surface area contributed by atoms with E-state index < -0.39 is 0 Å². The van der Waals surface area contributed by atoms with Gasteiger partial charge in [-0.3, -0.25) is 0 Å². The topological polar surface area (TPSA) is 55.6 Å². The van der Waals surface area contributed by atoms with Gasteiger partial charge in [0.2, 0.25) is 0 Å². The van der Waals surface area contributed by atoms with Gasteiger partial charge < -0.3 is 5.32 Å². The van der Waals surface area contributed by atoms with E-state index in [1.165, 1.54) is 4.88 Å². The maximum atomic E-state index is 5.95. The largest absolute Gasteiger partial charge is 0.378 e. The van der Waals surface area contributed by atoms with Crippen LogP contribution in [0.5, 0.6) is 0 Å². The molecule has 5 nitrogen and oxygen atoms in total. The van der Waals surface area contributed by atoms with Crippen LogP contribution in [-0.2, 0) is 0 Å². The van der Waals surface area contributed by atoms with Crippen LogP contribution in [0.3, 0.4) is 0 Å². The number of hydrogen-bond acceptors (Lipinski definition) is 5. The fraction of sp³-hybridized carbons (Fsp3) is 0.154. The second-order valence-electron chi connectivity index (χ2n) is 4.31. The molecule has 102 valence electrons. The van der Waals surface area contributed by atoms with E-state index in [0.29, 0.717) is 0 Å². The van der Waals surface area contributed by atoms with E-state index in [4.69, 9.17) is 11.6 Å². The summed E-state index contributed by atoms with van der Waals surface area (Å²) in [5, 5.41) is 14.5.